The first-order valence-electron chi connectivity index (χ1n) is 6.92. The van der Waals surface area contributed by atoms with E-state index in [-0.39, 0.29) is 5.91 Å². The zero-order valence-electron chi connectivity index (χ0n) is 11.3. The van der Waals surface area contributed by atoms with Crippen LogP contribution in [0.15, 0.2) is 31.0 Å². The van der Waals surface area contributed by atoms with Crippen molar-refractivity contribution in [3.05, 3.63) is 36.5 Å². The molecule has 4 nitrogen and oxygen atoms in total. The zero-order chi connectivity index (χ0) is 13.5. The molecule has 0 atom stereocenters. The van der Waals surface area contributed by atoms with E-state index >= 15 is 0 Å². The van der Waals surface area contributed by atoms with E-state index in [1.807, 2.05) is 12.1 Å². The van der Waals surface area contributed by atoms with Crippen LogP contribution in [-0.2, 0) is 0 Å². The van der Waals surface area contributed by atoms with Crippen molar-refractivity contribution in [3.63, 3.8) is 0 Å². The van der Waals surface area contributed by atoms with E-state index in [2.05, 4.69) is 21.8 Å². The van der Waals surface area contributed by atoms with E-state index in [9.17, 15) is 4.79 Å². The molecule has 1 aliphatic heterocycles. The fourth-order valence-electron chi connectivity index (χ4n) is 2.37. The molecule has 102 valence electrons. The lowest BCUT2D eigenvalue weighted by molar-refractivity contribution is 0.0958. The maximum absolute atomic E-state index is 12.1. The Morgan fingerprint density at radius 1 is 1.37 bits per heavy atom. The number of hydrogen-bond donors (Lipinski definition) is 1. The average Bonchev–Trinajstić information content (AvgIpc) is 2.73. The monoisotopic (exact) mass is 259 g/mol. The largest absolute Gasteiger partial charge is 0.356 e. The summed E-state index contributed by atoms with van der Waals surface area (Å²) in [4.78, 5) is 18.8. The summed E-state index contributed by atoms with van der Waals surface area (Å²) in [5.74, 6) is 0.734. The number of aromatic nitrogens is 1. The minimum atomic E-state index is -0.0766. The molecule has 1 saturated heterocycles. The summed E-state index contributed by atoms with van der Waals surface area (Å²) in [6.07, 6.45) is 8.31. The molecule has 0 unspecified atom stereocenters. The van der Waals surface area contributed by atoms with Gasteiger partial charge in [-0.1, -0.05) is 18.9 Å². The van der Waals surface area contributed by atoms with Crippen LogP contribution in [0.2, 0.25) is 0 Å². The van der Waals surface area contributed by atoms with E-state index in [1.165, 1.54) is 25.7 Å². The van der Waals surface area contributed by atoms with Crippen LogP contribution in [0, 0.1) is 0 Å². The minimum Gasteiger partial charge on any atom is -0.356 e. The van der Waals surface area contributed by atoms with Crippen LogP contribution in [0.5, 0.6) is 0 Å². The fraction of sp³-hybridized carbons (Fsp3) is 0.467. The predicted molar refractivity (Wildman–Crippen MR) is 77.4 cm³/mol. The van der Waals surface area contributed by atoms with E-state index in [4.69, 9.17) is 0 Å². The Morgan fingerprint density at radius 2 is 2.11 bits per heavy atom. The van der Waals surface area contributed by atoms with Crippen LogP contribution in [0.4, 0.5) is 5.82 Å². The Kier molecular flexibility index (Phi) is 4.95. The van der Waals surface area contributed by atoms with Crippen LogP contribution in [0.1, 0.15) is 36.0 Å². The molecule has 19 heavy (non-hydrogen) atoms. The summed E-state index contributed by atoms with van der Waals surface area (Å²) in [5, 5.41) is 2.82. The number of anilines is 1. The van der Waals surface area contributed by atoms with Crippen LogP contribution < -0.4 is 10.2 Å². The molecule has 0 aromatic carbocycles. The number of carbonyl (C=O) groups excluding carboxylic acids is 1. The zero-order valence-corrected chi connectivity index (χ0v) is 11.3. The van der Waals surface area contributed by atoms with Crippen molar-refractivity contribution in [1.29, 1.82) is 0 Å². The van der Waals surface area contributed by atoms with Crippen LogP contribution in [-0.4, -0.2) is 30.5 Å². The SMILES string of the molecule is C=CCNC(=O)c1cccnc1N1CCCCCC1. The molecule has 1 amide bonds. The lowest BCUT2D eigenvalue weighted by atomic mass is 10.2. The summed E-state index contributed by atoms with van der Waals surface area (Å²) in [7, 11) is 0. The number of rotatable bonds is 4. The highest BCUT2D eigenvalue weighted by molar-refractivity contribution is 5.98. The quantitative estimate of drug-likeness (QED) is 0.844. The van der Waals surface area contributed by atoms with Crippen LogP contribution in [0.3, 0.4) is 0 Å². The molecule has 0 spiro atoms. The fourth-order valence-corrected chi connectivity index (χ4v) is 2.37. The Labute approximate surface area is 114 Å². The van der Waals surface area contributed by atoms with Gasteiger partial charge in [-0.15, -0.1) is 6.58 Å². The van der Waals surface area contributed by atoms with Crippen molar-refractivity contribution < 1.29 is 4.79 Å². The Morgan fingerprint density at radius 3 is 2.79 bits per heavy atom. The van der Waals surface area contributed by atoms with Crippen LogP contribution in [0.25, 0.3) is 0 Å². The number of carbonyl (C=O) groups is 1. The van der Waals surface area contributed by atoms with Gasteiger partial charge in [0.1, 0.15) is 5.82 Å². The third-order valence-electron chi connectivity index (χ3n) is 3.34. The molecule has 1 aromatic rings. The standard InChI is InChI=1S/C15H21N3O/c1-2-9-17-15(19)13-8-7-10-16-14(13)18-11-5-3-4-6-12-18/h2,7-8,10H,1,3-6,9,11-12H2,(H,17,19). The van der Waals surface area contributed by atoms with Crippen molar-refractivity contribution in [3.8, 4) is 0 Å². The van der Waals surface area contributed by atoms with Gasteiger partial charge in [0.15, 0.2) is 0 Å². The van der Waals surface area contributed by atoms with Gasteiger partial charge in [0.2, 0.25) is 0 Å². The van der Waals surface area contributed by atoms with Gasteiger partial charge < -0.3 is 10.2 Å². The molecule has 0 saturated carbocycles. The maximum atomic E-state index is 12.1. The first-order chi connectivity index (χ1) is 9.33. The van der Waals surface area contributed by atoms with Gasteiger partial charge in [-0.05, 0) is 25.0 Å². The van der Waals surface area contributed by atoms with E-state index in [0.29, 0.717) is 12.1 Å². The minimum absolute atomic E-state index is 0.0766. The molecule has 1 fully saturated rings. The first kappa shape index (κ1) is 13.6. The van der Waals surface area contributed by atoms with Gasteiger partial charge in [-0.3, -0.25) is 4.79 Å². The molecule has 4 heteroatoms. The van der Waals surface area contributed by atoms with Crippen molar-refractivity contribution in [2.45, 2.75) is 25.7 Å². The number of nitrogens with zero attached hydrogens (tertiary/aromatic N) is 2. The lowest BCUT2D eigenvalue weighted by Crippen LogP contribution is -2.30. The highest BCUT2D eigenvalue weighted by Gasteiger charge is 2.18. The molecule has 2 rings (SSSR count). The third-order valence-corrected chi connectivity index (χ3v) is 3.34. The normalized spacial score (nSPS) is 15.7. The van der Waals surface area contributed by atoms with Crippen molar-refractivity contribution in [1.82, 2.24) is 10.3 Å². The molecular formula is C15H21N3O. The maximum Gasteiger partial charge on any atom is 0.255 e. The Bertz CT molecular complexity index is 437. The summed E-state index contributed by atoms with van der Waals surface area (Å²) in [6, 6.07) is 3.65. The van der Waals surface area contributed by atoms with Crippen molar-refractivity contribution in [2.24, 2.45) is 0 Å². The van der Waals surface area contributed by atoms with Gasteiger partial charge in [0.25, 0.3) is 5.91 Å². The topological polar surface area (TPSA) is 45.2 Å². The first-order valence-corrected chi connectivity index (χ1v) is 6.92. The molecular weight excluding hydrogens is 238 g/mol. The van der Waals surface area contributed by atoms with Gasteiger partial charge in [0.05, 0.1) is 5.56 Å². The second-order valence-corrected chi connectivity index (χ2v) is 4.77. The van der Waals surface area contributed by atoms with E-state index in [1.54, 1.807) is 12.3 Å². The van der Waals surface area contributed by atoms with Gasteiger partial charge >= 0.3 is 0 Å². The second kappa shape index (κ2) is 6.92. The molecule has 1 aliphatic rings. The molecule has 0 aliphatic carbocycles. The number of nitrogens with one attached hydrogen (secondary N) is 1. The van der Waals surface area contributed by atoms with Crippen LogP contribution >= 0.6 is 0 Å². The average molecular weight is 259 g/mol. The summed E-state index contributed by atoms with van der Waals surface area (Å²) in [5.41, 5.74) is 0.659. The highest BCUT2D eigenvalue weighted by atomic mass is 16.1. The third kappa shape index (κ3) is 3.56. The summed E-state index contributed by atoms with van der Waals surface area (Å²) < 4.78 is 0. The number of amides is 1. The van der Waals surface area contributed by atoms with E-state index < -0.39 is 0 Å². The molecule has 1 aromatic heterocycles. The number of hydrogen-bond acceptors (Lipinski definition) is 3. The lowest BCUT2D eigenvalue weighted by Gasteiger charge is -2.23. The van der Waals surface area contributed by atoms with Crippen molar-refractivity contribution >= 4 is 11.7 Å². The Balaban J connectivity index is 2.19. The molecule has 0 bridgehead atoms. The summed E-state index contributed by atoms with van der Waals surface area (Å²) in [6.45, 7) is 6.06. The second-order valence-electron chi connectivity index (χ2n) is 4.77. The summed E-state index contributed by atoms with van der Waals surface area (Å²) >= 11 is 0. The Hall–Kier alpha value is -1.84. The van der Waals surface area contributed by atoms with Gasteiger partial charge in [-0.25, -0.2) is 4.98 Å². The molecule has 0 radical (unpaired) electrons. The molecule has 2 heterocycles. The van der Waals surface area contributed by atoms with Gasteiger partial charge in [0, 0.05) is 25.8 Å². The predicted octanol–water partition coefficient (Wildman–Crippen LogP) is 2.38. The number of pyridine rings is 1. The van der Waals surface area contributed by atoms with Gasteiger partial charge in [-0.2, -0.15) is 0 Å². The highest BCUT2D eigenvalue weighted by Crippen LogP contribution is 2.21. The van der Waals surface area contributed by atoms with E-state index in [0.717, 1.165) is 18.9 Å². The molecule has 1 N–H and O–H groups in total. The van der Waals surface area contributed by atoms with Crippen molar-refractivity contribution in [2.75, 3.05) is 24.5 Å². The smallest absolute Gasteiger partial charge is 0.255 e.